The molecule has 0 aliphatic carbocycles. The van der Waals surface area contributed by atoms with Gasteiger partial charge in [-0.05, 0) is 33.0 Å². The molecule has 1 atom stereocenters. The number of amides is 1. The Balaban J connectivity index is 2.83. The predicted octanol–water partition coefficient (Wildman–Crippen LogP) is 1.83. The van der Waals surface area contributed by atoms with Gasteiger partial charge in [0.25, 0.3) is 5.91 Å². The van der Waals surface area contributed by atoms with Gasteiger partial charge in [0.15, 0.2) is 0 Å². The van der Waals surface area contributed by atoms with Crippen molar-refractivity contribution in [3.63, 3.8) is 0 Å². The zero-order valence-corrected chi connectivity index (χ0v) is 13.1. The molecule has 1 aromatic rings. The van der Waals surface area contributed by atoms with Crippen LogP contribution in [0.1, 0.15) is 31.1 Å². The molecule has 2 N–H and O–H groups in total. The van der Waals surface area contributed by atoms with Gasteiger partial charge >= 0.3 is 0 Å². The van der Waals surface area contributed by atoms with Crippen molar-refractivity contribution in [1.29, 1.82) is 0 Å². The third-order valence-corrected chi connectivity index (χ3v) is 3.12. The number of nitrogens with zero attached hydrogens (tertiary/aromatic N) is 2. The van der Waals surface area contributed by atoms with Crippen LogP contribution in [0.15, 0.2) is 18.5 Å². The van der Waals surface area contributed by atoms with Crippen LogP contribution in [-0.2, 0) is 0 Å². The summed E-state index contributed by atoms with van der Waals surface area (Å²) in [4.78, 5) is 18.6. The van der Waals surface area contributed by atoms with Gasteiger partial charge in [-0.1, -0.05) is 13.8 Å². The number of hydrogen-bond acceptors (Lipinski definition) is 4. The summed E-state index contributed by atoms with van der Waals surface area (Å²) in [6.07, 6.45) is 3.30. The van der Waals surface area contributed by atoms with Crippen LogP contribution in [0.3, 0.4) is 0 Å². The molecule has 0 saturated heterocycles. The van der Waals surface area contributed by atoms with Crippen molar-refractivity contribution in [3.8, 4) is 0 Å². The molecule has 0 fully saturated rings. The van der Waals surface area contributed by atoms with Gasteiger partial charge in [-0.25, -0.2) is 0 Å². The van der Waals surface area contributed by atoms with E-state index in [1.807, 2.05) is 27.1 Å². The summed E-state index contributed by atoms with van der Waals surface area (Å²) in [5.74, 6) is 0.301. The fourth-order valence-corrected chi connectivity index (χ4v) is 1.98. The second-order valence-corrected chi connectivity index (χ2v) is 5.54. The molecule has 20 heavy (non-hydrogen) atoms. The van der Waals surface area contributed by atoms with E-state index in [1.54, 1.807) is 12.4 Å². The third-order valence-electron chi connectivity index (χ3n) is 3.12. The molecule has 0 spiro atoms. The number of pyridine rings is 1. The van der Waals surface area contributed by atoms with Crippen molar-refractivity contribution < 1.29 is 4.79 Å². The van der Waals surface area contributed by atoms with E-state index in [9.17, 15) is 4.79 Å². The van der Waals surface area contributed by atoms with Gasteiger partial charge in [-0.2, -0.15) is 0 Å². The summed E-state index contributed by atoms with van der Waals surface area (Å²) in [5, 5.41) is 6.29. The van der Waals surface area contributed by atoms with Crippen molar-refractivity contribution >= 4 is 11.6 Å². The van der Waals surface area contributed by atoms with Crippen LogP contribution in [0.5, 0.6) is 0 Å². The van der Waals surface area contributed by atoms with Crippen LogP contribution < -0.4 is 10.6 Å². The van der Waals surface area contributed by atoms with E-state index in [4.69, 9.17) is 0 Å². The minimum atomic E-state index is -0.0744. The monoisotopic (exact) mass is 278 g/mol. The molecule has 0 bridgehead atoms. The zero-order valence-electron chi connectivity index (χ0n) is 13.1. The van der Waals surface area contributed by atoms with Crippen molar-refractivity contribution in [2.24, 2.45) is 5.92 Å². The maximum absolute atomic E-state index is 12.4. The van der Waals surface area contributed by atoms with Gasteiger partial charge in [0.2, 0.25) is 0 Å². The lowest BCUT2D eigenvalue weighted by Crippen LogP contribution is -2.45. The van der Waals surface area contributed by atoms with E-state index in [-0.39, 0.29) is 11.9 Å². The number of carbonyl (C=O) groups excluding carboxylic acids is 1. The van der Waals surface area contributed by atoms with Gasteiger partial charge in [-0.3, -0.25) is 9.78 Å². The Hall–Kier alpha value is -1.62. The summed E-state index contributed by atoms with van der Waals surface area (Å²) < 4.78 is 0. The first-order chi connectivity index (χ1) is 9.45. The lowest BCUT2D eigenvalue weighted by atomic mass is 10.0. The van der Waals surface area contributed by atoms with Crippen molar-refractivity contribution in [2.75, 3.05) is 32.5 Å². The van der Waals surface area contributed by atoms with E-state index in [0.717, 1.165) is 18.8 Å². The van der Waals surface area contributed by atoms with E-state index >= 15 is 0 Å². The smallest absolute Gasteiger partial charge is 0.255 e. The van der Waals surface area contributed by atoms with Crippen molar-refractivity contribution in [2.45, 2.75) is 26.8 Å². The number of hydrogen-bond donors (Lipinski definition) is 2. The number of nitrogens with one attached hydrogen (secondary N) is 2. The van der Waals surface area contributed by atoms with Gasteiger partial charge in [0.1, 0.15) is 0 Å². The summed E-state index contributed by atoms with van der Waals surface area (Å²) in [5.41, 5.74) is 1.42. The predicted molar refractivity (Wildman–Crippen MR) is 83.0 cm³/mol. The highest BCUT2D eigenvalue weighted by Crippen LogP contribution is 2.14. The largest absolute Gasteiger partial charge is 0.385 e. The summed E-state index contributed by atoms with van der Waals surface area (Å²) in [6, 6.07) is 1.95. The van der Waals surface area contributed by atoms with Crippen LogP contribution in [0, 0.1) is 5.92 Å². The number of likely N-dealkylation sites (N-methyl/N-ethyl adjacent to an activating group) is 1. The first-order valence-corrected chi connectivity index (χ1v) is 7.09. The van der Waals surface area contributed by atoms with Crippen molar-refractivity contribution in [3.05, 3.63) is 24.0 Å². The number of carbonyl (C=O) groups is 1. The van der Waals surface area contributed by atoms with E-state index in [2.05, 4.69) is 34.4 Å². The van der Waals surface area contributed by atoms with Crippen LogP contribution in [0.25, 0.3) is 0 Å². The SMILES string of the molecule is CCNc1ccncc1C(=O)NC(CN(C)C)C(C)C. The molecular weight excluding hydrogens is 252 g/mol. The average molecular weight is 278 g/mol. The topological polar surface area (TPSA) is 57.3 Å². The Kier molecular flexibility index (Phi) is 6.45. The molecule has 1 amide bonds. The summed E-state index contributed by atoms with van der Waals surface area (Å²) in [7, 11) is 4.02. The average Bonchev–Trinajstić information content (AvgIpc) is 2.38. The number of rotatable bonds is 7. The maximum Gasteiger partial charge on any atom is 0.255 e. The number of aromatic nitrogens is 1. The third kappa shape index (κ3) is 4.81. The van der Waals surface area contributed by atoms with E-state index < -0.39 is 0 Å². The Morgan fingerprint density at radius 1 is 1.40 bits per heavy atom. The fourth-order valence-electron chi connectivity index (χ4n) is 1.98. The molecule has 0 aliphatic heterocycles. The molecule has 0 aliphatic rings. The van der Waals surface area contributed by atoms with Gasteiger partial charge < -0.3 is 15.5 Å². The molecular formula is C15H26N4O. The summed E-state index contributed by atoms with van der Waals surface area (Å²) in [6.45, 7) is 7.83. The molecule has 1 rings (SSSR count). The standard InChI is InChI=1S/C15H26N4O/c1-6-17-13-7-8-16-9-12(13)15(20)18-14(11(2)3)10-19(4)5/h7-9,11,14H,6,10H2,1-5H3,(H,16,17)(H,18,20). The molecule has 0 radical (unpaired) electrons. The molecule has 1 aromatic heterocycles. The van der Waals surface area contributed by atoms with E-state index in [1.165, 1.54) is 0 Å². The molecule has 5 nitrogen and oxygen atoms in total. The minimum Gasteiger partial charge on any atom is -0.385 e. The number of anilines is 1. The first-order valence-electron chi connectivity index (χ1n) is 7.09. The van der Waals surface area contributed by atoms with Crippen LogP contribution in [0.2, 0.25) is 0 Å². The van der Waals surface area contributed by atoms with Crippen molar-refractivity contribution in [1.82, 2.24) is 15.2 Å². The highest BCUT2D eigenvalue weighted by Gasteiger charge is 2.19. The van der Waals surface area contributed by atoms with Gasteiger partial charge in [0.05, 0.1) is 11.3 Å². The normalized spacial score (nSPS) is 12.6. The quantitative estimate of drug-likeness (QED) is 0.799. The van der Waals surface area contributed by atoms with Gasteiger partial charge in [0, 0.05) is 31.5 Å². The lowest BCUT2D eigenvalue weighted by Gasteiger charge is -2.26. The maximum atomic E-state index is 12.4. The Labute approximate surface area is 121 Å². The Bertz CT molecular complexity index is 432. The van der Waals surface area contributed by atoms with E-state index in [0.29, 0.717) is 11.5 Å². The molecule has 0 saturated carbocycles. The van der Waals surface area contributed by atoms with Crippen LogP contribution in [0.4, 0.5) is 5.69 Å². The Morgan fingerprint density at radius 2 is 2.10 bits per heavy atom. The molecule has 112 valence electrons. The second-order valence-electron chi connectivity index (χ2n) is 5.54. The Morgan fingerprint density at radius 3 is 2.65 bits per heavy atom. The van der Waals surface area contributed by atoms with Crippen LogP contribution >= 0.6 is 0 Å². The zero-order chi connectivity index (χ0) is 15.1. The molecule has 5 heteroatoms. The highest BCUT2D eigenvalue weighted by molar-refractivity contribution is 5.99. The minimum absolute atomic E-state index is 0.0744. The van der Waals surface area contributed by atoms with Crippen LogP contribution in [-0.4, -0.2) is 49.0 Å². The molecule has 0 aromatic carbocycles. The lowest BCUT2D eigenvalue weighted by molar-refractivity contribution is 0.0917. The second kappa shape index (κ2) is 7.85. The molecule has 1 heterocycles. The van der Waals surface area contributed by atoms with Gasteiger partial charge in [-0.15, -0.1) is 0 Å². The fraction of sp³-hybridized carbons (Fsp3) is 0.600. The highest BCUT2D eigenvalue weighted by atomic mass is 16.1. The molecule has 1 unspecified atom stereocenters. The summed E-state index contributed by atoms with van der Waals surface area (Å²) >= 11 is 0. The first kappa shape index (κ1) is 16.4.